The number of hydrogen-bond acceptors (Lipinski definition) is 4. The van der Waals surface area contributed by atoms with Gasteiger partial charge in [-0.15, -0.1) is 10.2 Å². The van der Waals surface area contributed by atoms with E-state index in [9.17, 15) is 0 Å². The van der Waals surface area contributed by atoms with Crippen molar-refractivity contribution in [2.24, 2.45) is 11.8 Å². The van der Waals surface area contributed by atoms with Crippen molar-refractivity contribution in [1.82, 2.24) is 19.9 Å². The molecule has 0 aliphatic heterocycles. The van der Waals surface area contributed by atoms with E-state index in [4.69, 9.17) is 0 Å². The molecule has 2 aromatic heterocycles. The van der Waals surface area contributed by atoms with E-state index in [0.29, 0.717) is 17.2 Å². The van der Waals surface area contributed by atoms with Gasteiger partial charge in [-0.3, -0.25) is 4.40 Å². The Bertz CT molecular complexity index is 582. The van der Waals surface area contributed by atoms with Crippen LogP contribution in [0.5, 0.6) is 0 Å². The Labute approximate surface area is 124 Å². The number of pyridine rings is 1. The molecule has 1 aliphatic rings. The maximum absolute atomic E-state index is 4.36. The molecule has 3 rings (SSSR count). The summed E-state index contributed by atoms with van der Waals surface area (Å²) in [4.78, 5) is 0. The predicted octanol–water partition coefficient (Wildman–Crippen LogP) is 2.84. The van der Waals surface area contributed by atoms with E-state index in [1.807, 2.05) is 36.2 Å². The number of fused-ring (bicyclic) bond motifs is 1. The van der Waals surface area contributed by atoms with Crippen LogP contribution in [-0.4, -0.2) is 32.9 Å². The second-order valence-corrected chi connectivity index (χ2v) is 7.09. The summed E-state index contributed by atoms with van der Waals surface area (Å²) in [6, 6.07) is 6.58. The second-order valence-electron chi connectivity index (χ2n) is 5.94. The summed E-state index contributed by atoms with van der Waals surface area (Å²) >= 11 is 1.87. The lowest BCUT2D eigenvalue weighted by molar-refractivity contribution is 0.256. The van der Waals surface area contributed by atoms with Gasteiger partial charge in [-0.05, 0) is 43.9 Å². The minimum absolute atomic E-state index is 0.551. The molecule has 0 bridgehead atoms. The molecule has 2 aromatic rings. The van der Waals surface area contributed by atoms with E-state index in [1.165, 1.54) is 12.8 Å². The molecule has 108 valence electrons. The van der Waals surface area contributed by atoms with Crippen LogP contribution in [0.1, 0.15) is 26.7 Å². The number of nitrogens with one attached hydrogen (secondary N) is 1. The fourth-order valence-corrected chi connectivity index (χ4v) is 4.69. The molecule has 2 heterocycles. The zero-order chi connectivity index (χ0) is 14.1. The predicted molar refractivity (Wildman–Crippen MR) is 83.0 cm³/mol. The highest BCUT2D eigenvalue weighted by Crippen LogP contribution is 2.39. The van der Waals surface area contributed by atoms with Gasteiger partial charge in [0.25, 0.3) is 0 Å². The lowest BCUT2D eigenvalue weighted by atomic mass is 9.80. The Hall–Kier alpha value is -1.07. The Morgan fingerprint density at radius 3 is 2.90 bits per heavy atom. The van der Waals surface area contributed by atoms with Gasteiger partial charge >= 0.3 is 0 Å². The second kappa shape index (κ2) is 5.74. The summed E-state index contributed by atoms with van der Waals surface area (Å²) in [5, 5.41) is 13.7. The van der Waals surface area contributed by atoms with E-state index in [-0.39, 0.29) is 0 Å². The topological polar surface area (TPSA) is 42.2 Å². The molecule has 1 aliphatic carbocycles. The molecule has 4 unspecified atom stereocenters. The first-order valence-corrected chi connectivity index (χ1v) is 8.20. The number of nitrogens with zero attached hydrogens (tertiary/aromatic N) is 3. The smallest absolute Gasteiger partial charge is 0.195 e. The van der Waals surface area contributed by atoms with Gasteiger partial charge in [-0.1, -0.05) is 31.7 Å². The fraction of sp³-hybridized carbons (Fsp3) is 0.600. The number of thioether (sulfide) groups is 1. The molecule has 20 heavy (non-hydrogen) atoms. The first-order chi connectivity index (χ1) is 9.69. The van der Waals surface area contributed by atoms with Gasteiger partial charge in [0.1, 0.15) is 0 Å². The van der Waals surface area contributed by atoms with Crippen LogP contribution >= 0.6 is 11.8 Å². The summed E-state index contributed by atoms with van der Waals surface area (Å²) in [5.41, 5.74) is 0.924. The summed E-state index contributed by atoms with van der Waals surface area (Å²) < 4.78 is 2.09. The molecule has 0 saturated heterocycles. The van der Waals surface area contributed by atoms with Gasteiger partial charge < -0.3 is 5.32 Å². The van der Waals surface area contributed by atoms with Gasteiger partial charge in [-0.25, -0.2) is 0 Å². The number of rotatable bonds is 3. The Balaban J connectivity index is 1.85. The van der Waals surface area contributed by atoms with Gasteiger partial charge in [0.05, 0.1) is 0 Å². The van der Waals surface area contributed by atoms with Crippen molar-refractivity contribution in [2.75, 3.05) is 7.05 Å². The minimum Gasteiger partial charge on any atom is -0.316 e. The standard InChI is InChI=1S/C15H22N4S/c1-10-8-11(2)14(12(9-10)16-3)20-15-18-17-13-6-4-5-7-19(13)15/h4-7,10-12,14,16H,8-9H2,1-3H3. The molecule has 1 fully saturated rings. The van der Waals surface area contributed by atoms with Crippen molar-refractivity contribution in [3.63, 3.8) is 0 Å². The third kappa shape index (κ3) is 2.56. The lowest BCUT2D eigenvalue weighted by Crippen LogP contribution is -2.44. The van der Waals surface area contributed by atoms with Crippen molar-refractivity contribution in [3.8, 4) is 0 Å². The van der Waals surface area contributed by atoms with E-state index in [1.54, 1.807) is 0 Å². The SMILES string of the molecule is CNC1CC(C)CC(C)C1Sc1nnc2ccccn12. The Kier molecular flexibility index (Phi) is 3.98. The summed E-state index contributed by atoms with van der Waals surface area (Å²) in [5.74, 6) is 1.49. The van der Waals surface area contributed by atoms with Crippen molar-refractivity contribution < 1.29 is 0 Å². The van der Waals surface area contributed by atoms with Crippen LogP contribution in [0.4, 0.5) is 0 Å². The molecule has 0 aromatic carbocycles. The maximum Gasteiger partial charge on any atom is 0.195 e. The monoisotopic (exact) mass is 290 g/mol. The average Bonchev–Trinajstić information content (AvgIpc) is 2.85. The summed E-state index contributed by atoms with van der Waals surface area (Å²) in [7, 11) is 2.07. The highest BCUT2D eigenvalue weighted by Gasteiger charge is 2.34. The molecule has 0 radical (unpaired) electrons. The quantitative estimate of drug-likeness (QED) is 0.944. The van der Waals surface area contributed by atoms with Crippen LogP contribution in [0.25, 0.3) is 5.65 Å². The summed E-state index contributed by atoms with van der Waals surface area (Å²) in [6.45, 7) is 4.72. The minimum atomic E-state index is 0.551. The van der Waals surface area contributed by atoms with Gasteiger partial charge in [-0.2, -0.15) is 0 Å². The molecule has 5 heteroatoms. The molecular weight excluding hydrogens is 268 g/mol. The molecule has 1 N–H and O–H groups in total. The highest BCUT2D eigenvalue weighted by molar-refractivity contribution is 7.99. The summed E-state index contributed by atoms with van der Waals surface area (Å²) in [6.07, 6.45) is 4.59. The third-order valence-corrected chi connectivity index (χ3v) is 5.84. The van der Waals surface area contributed by atoms with Crippen LogP contribution in [0.2, 0.25) is 0 Å². The number of aromatic nitrogens is 3. The maximum atomic E-state index is 4.36. The van der Waals surface area contributed by atoms with Crippen LogP contribution in [-0.2, 0) is 0 Å². The van der Waals surface area contributed by atoms with E-state index >= 15 is 0 Å². The van der Waals surface area contributed by atoms with Gasteiger partial charge in [0, 0.05) is 17.5 Å². The molecule has 1 saturated carbocycles. The van der Waals surface area contributed by atoms with Crippen LogP contribution in [0.3, 0.4) is 0 Å². The van der Waals surface area contributed by atoms with Crippen LogP contribution in [0.15, 0.2) is 29.6 Å². The molecule has 4 atom stereocenters. The Morgan fingerprint density at radius 2 is 2.10 bits per heavy atom. The molecular formula is C15H22N4S. The van der Waals surface area contributed by atoms with Crippen molar-refractivity contribution in [3.05, 3.63) is 24.4 Å². The highest BCUT2D eigenvalue weighted by atomic mass is 32.2. The molecule has 0 spiro atoms. The Morgan fingerprint density at radius 1 is 1.25 bits per heavy atom. The first-order valence-electron chi connectivity index (χ1n) is 7.32. The van der Waals surface area contributed by atoms with E-state index in [2.05, 4.69) is 40.8 Å². The van der Waals surface area contributed by atoms with Gasteiger partial charge in [0.15, 0.2) is 10.8 Å². The zero-order valence-electron chi connectivity index (χ0n) is 12.3. The third-order valence-electron chi connectivity index (χ3n) is 4.28. The van der Waals surface area contributed by atoms with E-state index < -0.39 is 0 Å². The van der Waals surface area contributed by atoms with Crippen LogP contribution < -0.4 is 5.32 Å². The van der Waals surface area contributed by atoms with Crippen LogP contribution in [0, 0.1) is 11.8 Å². The van der Waals surface area contributed by atoms with Crippen molar-refractivity contribution in [2.45, 2.75) is 43.1 Å². The van der Waals surface area contributed by atoms with Crippen molar-refractivity contribution in [1.29, 1.82) is 0 Å². The largest absolute Gasteiger partial charge is 0.316 e. The normalized spacial score (nSPS) is 30.8. The fourth-order valence-electron chi connectivity index (χ4n) is 3.33. The van der Waals surface area contributed by atoms with Gasteiger partial charge in [0.2, 0.25) is 0 Å². The van der Waals surface area contributed by atoms with E-state index in [0.717, 1.165) is 16.7 Å². The number of hydrogen-bond donors (Lipinski definition) is 1. The van der Waals surface area contributed by atoms with Crippen molar-refractivity contribution >= 4 is 17.4 Å². The zero-order valence-corrected chi connectivity index (χ0v) is 13.1. The molecule has 4 nitrogen and oxygen atoms in total. The first kappa shape index (κ1) is 13.9. The lowest BCUT2D eigenvalue weighted by Gasteiger charge is -2.38. The molecule has 0 amide bonds. The average molecular weight is 290 g/mol.